The number of fused-ring (bicyclic) bond motifs is 1. The molecule has 0 radical (unpaired) electrons. The zero-order valence-electron chi connectivity index (χ0n) is 18.8. The summed E-state index contributed by atoms with van der Waals surface area (Å²) in [7, 11) is 0. The number of anilines is 1. The second kappa shape index (κ2) is 10.2. The Balaban J connectivity index is 1.60. The van der Waals surface area contributed by atoms with Gasteiger partial charge in [-0.25, -0.2) is 4.98 Å². The van der Waals surface area contributed by atoms with Crippen LogP contribution in [0.4, 0.5) is 18.9 Å². The Labute approximate surface area is 213 Å². The number of aromatic nitrogens is 2. The van der Waals surface area contributed by atoms with Crippen molar-refractivity contribution in [3.05, 3.63) is 106 Å². The zero-order valence-corrected chi connectivity index (χ0v) is 19.6. The predicted octanol–water partition coefficient (Wildman–Crippen LogP) is 5.73. The Hall–Kier alpha value is -4.57. The summed E-state index contributed by atoms with van der Waals surface area (Å²) in [5.74, 6) is -1.17. The third-order valence-corrected chi connectivity index (χ3v) is 5.68. The highest BCUT2D eigenvalue weighted by molar-refractivity contribution is 6.31. The normalized spacial score (nSPS) is 11.8. The van der Waals surface area contributed by atoms with Gasteiger partial charge in [0.2, 0.25) is 0 Å². The van der Waals surface area contributed by atoms with Crippen LogP contribution in [0.1, 0.15) is 37.5 Å². The molecule has 4 aromatic rings. The Morgan fingerprint density at radius 1 is 0.973 bits per heavy atom. The van der Waals surface area contributed by atoms with Crippen molar-refractivity contribution in [2.75, 3.05) is 5.32 Å². The van der Waals surface area contributed by atoms with Gasteiger partial charge in [-0.05, 0) is 48.5 Å². The summed E-state index contributed by atoms with van der Waals surface area (Å²) in [4.78, 5) is 34.4. The number of carbonyl (C=O) groups excluding carboxylic acids is 2. The molecule has 1 heterocycles. The fourth-order valence-corrected chi connectivity index (χ4v) is 3.72. The number of hydrogen-bond donors (Lipinski definition) is 3. The maximum absolute atomic E-state index is 13.2. The number of nitrogens with two attached hydrogens (primary N) is 1. The van der Waals surface area contributed by atoms with Crippen molar-refractivity contribution in [3.8, 4) is 0 Å². The van der Waals surface area contributed by atoms with Crippen LogP contribution in [0.3, 0.4) is 0 Å². The number of carbonyl (C=O) groups is 2. The van der Waals surface area contributed by atoms with Crippen LogP contribution < -0.4 is 11.1 Å². The number of hydrogen-bond acceptors (Lipinski definition) is 6. The summed E-state index contributed by atoms with van der Waals surface area (Å²) in [6.45, 7) is 0. The molecule has 0 unspecified atom stereocenters. The van der Waals surface area contributed by atoms with Crippen LogP contribution in [0.15, 0.2) is 73.1 Å². The number of nitrogens with one attached hydrogen (secondary N) is 2. The lowest BCUT2D eigenvalue weighted by atomic mass is 10.0. The fraction of sp³-hybridized carbons (Fsp3) is 0.0385. The lowest BCUT2D eigenvalue weighted by molar-refractivity contribution is -0.137. The molecule has 0 saturated carbocycles. The molecule has 1 amide bonds. The number of amides is 1. The van der Waals surface area contributed by atoms with E-state index in [1.54, 1.807) is 24.3 Å². The summed E-state index contributed by atoms with van der Waals surface area (Å²) in [6.07, 6.45) is -0.978. The quantitative estimate of drug-likeness (QED) is 0.220. The van der Waals surface area contributed by atoms with Crippen LogP contribution in [-0.4, -0.2) is 27.9 Å². The van der Waals surface area contributed by atoms with Crippen LogP contribution in [0.5, 0.6) is 0 Å². The number of nitrogens with zero attached hydrogens (tertiary/aromatic N) is 2. The standard InChI is InChI=1S/C26H17ClF3N5O2/c27-20-6-4-16(9-19(20)26(28,29)30)25(37)34-18-3-1-2-14(8-18)24(36)15-5-7-21-22(10-15)35-23(13-33-21)17(11-31)12-32/h1-13,31H,32H2,(H,34,37). The van der Waals surface area contributed by atoms with E-state index in [0.29, 0.717) is 33.9 Å². The molecule has 7 nitrogen and oxygen atoms in total. The number of rotatable bonds is 6. The van der Waals surface area contributed by atoms with Gasteiger partial charge in [0.15, 0.2) is 5.78 Å². The van der Waals surface area contributed by atoms with E-state index in [2.05, 4.69) is 15.3 Å². The first kappa shape index (κ1) is 25.5. The third kappa shape index (κ3) is 5.49. The smallest absolute Gasteiger partial charge is 0.404 e. The van der Waals surface area contributed by atoms with Crippen molar-refractivity contribution >= 4 is 51.8 Å². The molecule has 0 saturated heterocycles. The average molecular weight is 524 g/mol. The highest BCUT2D eigenvalue weighted by Gasteiger charge is 2.33. The molecule has 11 heteroatoms. The van der Waals surface area contributed by atoms with Crippen LogP contribution >= 0.6 is 11.6 Å². The molecule has 186 valence electrons. The number of halogens is 4. The van der Waals surface area contributed by atoms with Gasteiger partial charge in [0.05, 0.1) is 33.5 Å². The Morgan fingerprint density at radius 3 is 2.41 bits per heavy atom. The van der Waals surface area contributed by atoms with Crippen molar-refractivity contribution < 1.29 is 22.8 Å². The summed E-state index contributed by atoms with van der Waals surface area (Å²) in [5, 5.41) is 9.40. The minimum atomic E-state index is -4.72. The van der Waals surface area contributed by atoms with E-state index in [-0.39, 0.29) is 22.6 Å². The van der Waals surface area contributed by atoms with E-state index in [0.717, 1.165) is 12.3 Å². The molecule has 0 bridgehead atoms. The zero-order chi connectivity index (χ0) is 26.7. The summed E-state index contributed by atoms with van der Waals surface area (Å²) < 4.78 is 39.4. The molecule has 3 aromatic carbocycles. The molecule has 0 atom stereocenters. The van der Waals surface area contributed by atoms with E-state index in [4.69, 9.17) is 22.7 Å². The topological polar surface area (TPSA) is 122 Å². The van der Waals surface area contributed by atoms with Gasteiger partial charge in [-0.15, -0.1) is 0 Å². The first-order valence-corrected chi connectivity index (χ1v) is 11.0. The van der Waals surface area contributed by atoms with Gasteiger partial charge in [0.25, 0.3) is 5.91 Å². The van der Waals surface area contributed by atoms with Crippen molar-refractivity contribution in [1.82, 2.24) is 9.97 Å². The lowest BCUT2D eigenvalue weighted by Crippen LogP contribution is -2.14. The van der Waals surface area contributed by atoms with Crippen molar-refractivity contribution in [2.45, 2.75) is 6.18 Å². The second-order valence-electron chi connectivity index (χ2n) is 7.78. The van der Waals surface area contributed by atoms with Gasteiger partial charge in [0, 0.05) is 40.4 Å². The van der Waals surface area contributed by atoms with Crippen LogP contribution in [0, 0.1) is 5.41 Å². The van der Waals surface area contributed by atoms with E-state index in [1.807, 2.05) is 0 Å². The van der Waals surface area contributed by atoms with Crippen molar-refractivity contribution in [2.24, 2.45) is 5.73 Å². The number of ketones is 1. The third-order valence-electron chi connectivity index (χ3n) is 5.35. The second-order valence-corrected chi connectivity index (χ2v) is 8.19. The number of alkyl halides is 3. The minimum Gasteiger partial charge on any atom is -0.404 e. The molecule has 0 spiro atoms. The maximum atomic E-state index is 13.2. The molecule has 1 aromatic heterocycles. The summed E-state index contributed by atoms with van der Waals surface area (Å²) in [5.41, 5.74) is 6.56. The molecule has 4 N–H and O–H groups in total. The van der Waals surface area contributed by atoms with Gasteiger partial charge < -0.3 is 16.5 Å². The minimum absolute atomic E-state index is 0.214. The van der Waals surface area contributed by atoms with E-state index in [1.165, 1.54) is 36.7 Å². The van der Waals surface area contributed by atoms with Crippen LogP contribution in [0.2, 0.25) is 5.02 Å². The van der Waals surface area contributed by atoms with Gasteiger partial charge in [0.1, 0.15) is 0 Å². The molecular formula is C26H17ClF3N5O2. The van der Waals surface area contributed by atoms with Crippen molar-refractivity contribution in [3.63, 3.8) is 0 Å². The number of allylic oxidation sites excluding steroid dienone is 1. The van der Waals surface area contributed by atoms with Crippen LogP contribution in [-0.2, 0) is 6.18 Å². The summed E-state index contributed by atoms with van der Waals surface area (Å²) >= 11 is 5.62. The van der Waals surface area contributed by atoms with Gasteiger partial charge in [-0.2, -0.15) is 13.2 Å². The van der Waals surface area contributed by atoms with E-state index >= 15 is 0 Å². The molecule has 0 aliphatic carbocycles. The van der Waals surface area contributed by atoms with Gasteiger partial charge >= 0.3 is 6.18 Å². The monoisotopic (exact) mass is 523 g/mol. The largest absolute Gasteiger partial charge is 0.417 e. The molecule has 0 fully saturated rings. The molecule has 37 heavy (non-hydrogen) atoms. The fourth-order valence-electron chi connectivity index (χ4n) is 3.49. The van der Waals surface area contributed by atoms with Gasteiger partial charge in [-0.3, -0.25) is 14.6 Å². The first-order valence-electron chi connectivity index (χ1n) is 10.6. The maximum Gasteiger partial charge on any atom is 0.417 e. The highest BCUT2D eigenvalue weighted by Crippen LogP contribution is 2.35. The average Bonchev–Trinajstić information content (AvgIpc) is 2.88. The molecule has 0 aliphatic heterocycles. The van der Waals surface area contributed by atoms with E-state index < -0.39 is 22.7 Å². The molecule has 4 rings (SSSR count). The number of benzene rings is 3. The van der Waals surface area contributed by atoms with E-state index in [9.17, 15) is 22.8 Å². The highest BCUT2D eigenvalue weighted by atomic mass is 35.5. The van der Waals surface area contributed by atoms with Gasteiger partial charge in [-0.1, -0.05) is 23.7 Å². The lowest BCUT2D eigenvalue weighted by Gasteiger charge is -2.12. The predicted molar refractivity (Wildman–Crippen MR) is 135 cm³/mol. The molecule has 0 aliphatic rings. The Morgan fingerprint density at radius 2 is 1.70 bits per heavy atom. The Bertz CT molecular complexity index is 1580. The van der Waals surface area contributed by atoms with Crippen molar-refractivity contribution in [1.29, 1.82) is 5.41 Å². The molecular weight excluding hydrogens is 507 g/mol. The summed E-state index contributed by atoms with van der Waals surface area (Å²) in [6, 6.07) is 13.6. The Kier molecular flexibility index (Phi) is 7.03. The SMILES string of the molecule is N=CC(=CN)c1cnc2ccc(C(=O)c3cccc(NC(=O)c4ccc(Cl)c(C(F)(F)F)c4)c3)cc2n1. The van der Waals surface area contributed by atoms with Crippen LogP contribution in [0.25, 0.3) is 16.6 Å². The first-order chi connectivity index (χ1) is 17.6.